The fraction of sp³-hybridized carbons (Fsp3) is 0.150. The molecule has 0 aliphatic carbocycles. The minimum absolute atomic E-state index is 0.0616. The second-order valence-electron chi connectivity index (χ2n) is 6.19. The van der Waals surface area contributed by atoms with Gasteiger partial charge in [-0.1, -0.05) is 36.4 Å². The standard InChI is InChI=1S/C20H19N5O3/c1-13-12-23-19(25(13)16-9-5-6-10-22-16)20(28)24-15(17(26)18(21)27)11-14-7-3-2-4-8-14/h2-10,12,15H,11H2,1H3,(H2,21,27)(H,24,28). The van der Waals surface area contributed by atoms with Gasteiger partial charge < -0.3 is 11.1 Å². The van der Waals surface area contributed by atoms with Crippen LogP contribution in [0.1, 0.15) is 21.9 Å². The summed E-state index contributed by atoms with van der Waals surface area (Å²) in [6, 6.07) is 13.2. The van der Waals surface area contributed by atoms with Crippen LogP contribution in [0.25, 0.3) is 5.82 Å². The second kappa shape index (κ2) is 8.26. The average Bonchev–Trinajstić information content (AvgIpc) is 3.09. The molecule has 0 saturated heterocycles. The Balaban J connectivity index is 1.89. The number of carbonyl (C=O) groups excluding carboxylic acids is 3. The third-order valence-corrected chi connectivity index (χ3v) is 4.17. The summed E-state index contributed by atoms with van der Waals surface area (Å²) in [5.41, 5.74) is 6.64. The first-order valence-corrected chi connectivity index (χ1v) is 8.61. The van der Waals surface area contributed by atoms with Crippen molar-refractivity contribution >= 4 is 17.6 Å². The van der Waals surface area contributed by atoms with Gasteiger partial charge in [0.25, 0.3) is 11.8 Å². The largest absolute Gasteiger partial charge is 0.363 e. The van der Waals surface area contributed by atoms with Gasteiger partial charge in [-0.3, -0.25) is 19.0 Å². The topological polar surface area (TPSA) is 120 Å². The number of pyridine rings is 1. The number of benzene rings is 1. The lowest BCUT2D eigenvalue weighted by Crippen LogP contribution is -2.47. The van der Waals surface area contributed by atoms with E-state index < -0.39 is 23.6 Å². The number of rotatable bonds is 7. The highest BCUT2D eigenvalue weighted by Crippen LogP contribution is 2.13. The average molecular weight is 377 g/mol. The monoisotopic (exact) mass is 377 g/mol. The molecule has 0 saturated carbocycles. The first kappa shape index (κ1) is 19.0. The predicted octanol–water partition coefficient (Wildman–Crippen LogP) is 0.971. The molecule has 8 heteroatoms. The molecule has 1 atom stereocenters. The van der Waals surface area contributed by atoms with Crippen molar-refractivity contribution in [2.24, 2.45) is 5.73 Å². The number of nitrogens with two attached hydrogens (primary N) is 1. The lowest BCUT2D eigenvalue weighted by atomic mass is 10.0. The third-order valence-electron chi connectivity index (χ3n) is 4.17. The maximum absolute atomic E-state index is 12.9. The van der Waals surface area contributed by atoms with Gasteiger partial charge in [0.05, 0.1) is 0 Å². The van der Waals surface area contributed by atoms with E-state index in [1.54, 1.807) is 60.2 Å². The van der Waals surface area contributed by atoms with Crippen LogP contribution in [-0.4, -0.2) is 38.2 Å². The van der Waals surface area contributed by atoms with Crippen molar-refractivity contribution < 1.29 is 14.4 Å². The van der Waals surface area contributed by atoms with Crippen molar-refractivity contribution in [1.29, 1.82) is 0 Å². The van der Waals surface area contributed by atoms with Gasteiger partial charge in [0.15, 0.2) is 0 Å². The van der Waals surface area contributed by atoms with Crippen LogP contribution in [0.4, 0.5) is 0 Å². The van der Waals surface area contributed by atoms with E-state index in [9.17, 15) is 14.4 Å². The minimum Gasteiger partial charge on any atom is -0.363 e. The number of aromatic nitrogens is 3. The van der Waals surface area contributed by atoms with E-state index in [1.165, 1.54) is 6.20 Å². The number of Topliss-reactive ketones (excluding diaryl/α,β-unsaturated/α-hetero) is 1. The minimum atomic E-state index is -1.11. The fourth-order valence-corrected chi connectivity index (χ4v) is 2.83. The van der Waals surface area contributed by atoms with Gasteiger partial charge in [0, 0.05) is 24.5 Å². The molecular weight excluding hydrogens is 358 g/mol. The number of nitrogens with one attached hydrogen (secondary N) is 1. The lowest BCUT2D eigenvalue weighted by molar-refractivity contribution is -0.137. The van der Waals surface area contributed by atoms with Crippen LogP contribution in [0.5, 0.6) is 0 Å². The number of hydrogen-bond donors (Lipinski definition) is 2. The van der Waals surface area contributed by atoms with Crippen LogP contribution in [-0.2, 0) is 16.0 Å². The molecule has 0 fully saturated rings. The maximum atomic E-state index is 12.9. The zero-order chi connectivity index (χ0) is 20.1. The Morgan fingerprint density at radius 2 is 1.79 bits per heavy atom. The maximum Gasteiger partial charge on any atom is 0.288 e. The van der Waals surface area contributed by atoms with Crippen molar-refractivity contribution in [3.63, 3.8) is 0 Å². The van der Waals surface area contributed by atoms with E-state index in [0.29, 0.717) is 11.5 Å². The number of ketones is 1. The molecule has 0 bridgehead atoms. The SMILES string of the molecule is Cc1cnc(C(=O)NC(Cc2ccccc2)C(=O)C(N)=O)n1-c1ccccn1. The highest BCUT2D eigenvalue weighted by Gasteiger charge is 2.28. The summed E-state index contributed by atoms with van der Waals surface area (Å²) in [4.78, 5) is 44.9. The molecule has 2 amide bonds. The van der Waals surface area contributed by atoms with Gasteiger partial charge in [-0.15, -0.1) is 0 Å². The van der Waals surface area contributed by atoms with Crippen LogP contribution in [0.15, 0.2) is 60.9 Å². The fourth-order valence-electron chi connectivity index (χ4n) is 2.83. The predicted molar refractivity (Wildman–Crippen MR) is 102 cm³/mol. The van der Waals surface area contributed by atoms with Gasteiger partial charge in [-0.25, -0.2) is 9.97 Å². The Morgan fingerprint density at radius 3 is 2.43 bits per heavy atom. The van der Waals surface area contributed by atoms with E-state index in [4.69, 9.17) is 5.73 Å². The Labute approximate surface area is 161 Å². The quantitative estimate of drug-likeness (QED) is 0.595. The number of nitrogens with zero attached hydrogens (tertiary/aromatic N) is 3. The molecule has 1 unspecified atom stereocenters. The molecule has 2 heterocycles. The second-order valence-corrected chi connectivity index (χ2v) is 6.19. The Hall–Kier alpha value is -3.81. The van der Waals surface area contributed by atoms with Crippen molar-refractivity contribution in [2.45, 2.75) is 19.4 Å². The first-order valence-electron chi connectivity index (χ1n) is 8.61. The summed E-state index contributed by atoms with van der Waals surface area (Å²) in [7, 11) is 0. The molecule has 2 aromatic heterocycles. The molecule has 3 rings (SSSR count). The number of aryl methyl sites for hydroxylation is 1. The van der Waals surface area contributed by atoms with Gasteiger partial charge in [0.2, 0.25) is 11.6 Å². The molecule has 0 aliphatic rings. The summed E-state index contributed by atoms with van der Waals surface area (Å²) in [6.45, 7) is 1.79. The van der Waals surface area contributed by atoms with Gasteiger partial charge in [-0.05, 0) is 24.6 Å². The van der Waals surface area contributed by atoms with E-state index in [-0.39, 0.29) is 12.2 Å². The molecule has 0 radical (unpaired) electrons. The molecule has 1 aromatic carbocycles. The van der Waals surface area contributed by atoms with E-state index in [1.807, 2.05) is 6.07 Å². The van der Waals surface area contributed by atoms with Crippen LogP contribution >= 0.6 is 0 Å². The lowest BCUT2D eigenvalue weighted by Gasteiger charge is -2.17. The van der Waals surface area contributed by atoms with Gasteiger partial charge >= 0.3 is 0 Å². The molecule has 3 aromatic rings. The summed E-state index contributed by atoms with van der Waals surface area (Å²) in [6.07, 6.45) is 3.27. The molecule has 8 nitrogen and oxygen atoms in total. The molecule has 0 spiro atoms. The van der Waals surface area contributed by atoms with Gasteiger partial charge in [-0.2, -0.15) is 0 Å². The Bertz CT molecular complexity index is 999. The van der Waals surface area contributed by atoms with Crippen LogP contribution < -0.4 is 11.1 Å². The zero-order valence-electron chi connectivity index (χ0n) is 15.2. The zero-order valence-corrected chi connectivity index (χ0v) is 15.2. The summed E-state index contributed by atoms with van der Waals surface area (Å²) >= 11 is 0. The molecule has 142 valence electrons. The number of amides is 2. The van der Waals surface area contributed by atoms with Crippen molar-refractivity contribution in [3.8, 4) is 5.82 Å². The van der Waals surface area contributed by atoms with Crippen LogP contribution in [0.2, 0.25) is 0 Å². The van der Waals surface area contributed by atoms with Crippen LogP contribution in [0, 0.1) is 6.92 Å². The van der Waals surface area contributed by atoms with Crippen molar-refractivity contribution in [1.82, 2.24) is 19.9 Å². The Morgan fingerprint density at radius 1 is 1.07 bits per heavy atom. The first-order chi connectivity index (χ1) is 13.5. The smallest absolute Gasteiger partial charge is 0.288 e. The highest BCUT2D eigenvalue weighted by atomic mass is 16.2. The van der Waals surface area contributed by atoms with E-state index in [0.717, 1.165) is 5.56 Å². The summed E-state index contributed by atoms with van der Waals surface area (Å²) in [5, 5.41) is 2.59. The van der Waals surface area contributed by atoms with Gasteiger partial charge in [0.1, 0.15) is 11.9 Å². The number of imidazole rings is 1. The van der Waals surface area contributed by atoms with E-state index >= 15 is 0 Å². The van der Waals surface area contributed by atoms with Crippen molar-refractivity contribution in [2.75, 3.05) is 0 Å². The van der Waals surface area contributed by atoms with Crippen LogP contribution in [0.3, 0.4) is 0 Å². The molecule has 0 aliphatic heterocycles. The molecular formula is C20H19N5O3. The number of carbonyl (C=O) groups is 3. The highest BCUT2D eigenvalue weighted by molar-refractivity contribution is 6.38. The normalized spacial score (nSPS) is 11.6. The summed E-state index contributed by atoms with van der Waals surface area (Å²) < 4.78 is 1.57. The number of hydrogen-bond acceptors (Lipinski definition) is 5. The molecule has 28 heavy (non-hydrogen) atoms. The summed E-state index contributed by atoms with van der Waals surface area (Å²) in [5.74, 6) is -2.00. The molecule has 3 N–H and O–H groups in total. The van der Waals surface area contributed by atoms with E-state index in [2.05, 4.69) is 15.3 Å². The number of primary amides is 1. The van der Waals surface area contributed by atoms with Crippen molar-refractivity contribution in [3.05, 3.63) is 78.0 Å². The Kier molecular flexibility index (Phi) is 5.59. The third kappa shape index (κ3) is 4.12.